The zero-order valence-corrected chi connectivity index (χ0v) is 20.0. The molecule has 7 rings (SSSR count). The maximum Gasteiger partial charge on any atom is 0.314 e. The molecule has 6 nitrogen and oxygen atoms in total. The first kappa shape index (κ1) is 22.0. The van der Waals surface area contributed by atoms with Crippen molar-refractivity contribution in [1.82, 2.24) is 0 Å². The Labute approximate surface area is 209 Å². The number of hydrogen-bond donors (Lipinski definition) is 0. The Balaban J connectivity index is 1.23. The van der Waals surface area contributed by atoms with E-state index in [1.165, 1.54) is 12.1 Å². The average molecular weight is 485 g/mol. The minimum absolute atomic E-state index is 0.0224. The molecule has 4 fully saturated rings. The molecule has 5 aliphatic carbocycles. The van der Waals surface area contributed by atoms with Crippen molar-refractivity contribution < 1.29 is 28.7 Å². The second-order valence-corrected chi connectivity index (χ2v) is 11.1. The topological polar surface area (TPSA) is 86.7 Å². The van der Waals surface area contributed by atoms with Crippen molar-refractivity contribution in [3.05, 3.63) is 58.7 Å². The molecule has 4 unspecified atom stereocenters. The fraction of sp³-hybridized carbons (Fsp3) is 0.467. The maximum absolute atomic E-state index is 13.6. The standard InChI is InChI=1S/C30H28O6/c31-27-19-11-5-6-12-20(19)28(32)26-22(36-30(34)24-17-9-3-4-10-18(17)24)14-13-21(25(26)27)35-29(33)23-15-7-1-2-8-16(15)23/h5-6,11-18,23-24H,1-4,7-10H2. The highest BCUT2D eigenvalue weighted by Crippen LogP contribution is 2.57. The molecule has 2 aromatic rings. The SMILES string of the molecule is O=C1c2ccccc2C(=O)c2c(OC(=O)C3C4CCCCC43)ccc(OC(=O)C3C4CCCCC43)c21. The van der Waals surface area contributed by atoms with Gasteiger partial charge >= 0.3 is 11.9 Å². The second kappa shape index (κ2) is 8.12. The number of ketones is 2. The van der Waals surface area contributed by atoms with Crippen molar-refractivity contribution in [3.8, 4) is 11.5 Å². The molecule has 184 valence electrons. The van der Waals surface area contributed by atoms with Gasteiger partial charge in [0.05, 0.1) is 23.0 Å². The van der Waals surface area contributed by atoms with Crippen molar-refractivity contribution in [2.75, 3.05) is 0 Å². The first-order valence-corrected chi connectivity index (χ1v) is 13.3. The van der Waals surface area contributed by atoms with E-state index in [9.17, 15) is 19.2 Å². The van der Waals surface area contributed by atoms with Crippen LogP contribution in [0.5, 0.6) is 11.5 Å². The van der Waals surface area contributed by atoms with Crippen LogP contribution in [-0.4, -0.2) is 23.5 Å². The van der Waals surface area contributed by atoms with E-state index < -0.39 is 11.6 Å². The third-order valence-corrected chi connectivity index (χ3v) is 9.28. The molecule has 4 atom stereocenters. The highest BCUT2D eigenvalue weighted by atomic mass is 16.5. The third-order valence-electron chi connectivity index (χ3n) is 9.28. The molecule has 0 radical (unpaired) electrons. The number of carbonyl (C=O) groups is 4. The van der Waals surface area contributed by atoms with Gasteiger partial charge in [0.25, 0.3) is 0 Å². The number of hydrogen-bond acceptors (Lipinski definition) is 6. The number of esters is 2. The van der Waals surface area contributed by atoms with Gasteiger partial charge in [0.1, 0.15) is 11.5 Å². The fourth-order valence-electron chi connectivity index (χ4n) is 7.37. The summed E-state index contributed by atoms with van der Waals surface area (Å²) >= 11 is 0. The largest absolute Gasteiger partial charge is 0.425 e. The van der Waals surface area contributed by atoms with Crippen LogP contribution in [0.2, 0.25) is 0 Å². The minimum Gasteiger partial charge on any atom is -0.425 e. The summed E-state index contributed by atoms with van der Waals surface area (Å²) in [7, 11) is 0. The zero-order chi connectivity index (χ0) is 24.6. The van der Waals surface area contributed by atoms with Crippen molar-refractivity contribution in [1.29, 1.82) is 0 Å². The molecular weight excluding hydrogens is 456 g/mol. The van der Waals surface area contributed by atoms with Gasteiger partial charge in [-0.3, -0.25) is 19.2 Å². The first-order chi connectivity index (χ1) is 17.5. The molecule has 6 heteroatoms. The predicted molar refractivity (Wildman–Crippen MR) is 129 cm³/mol. The van der Waals surface area contributed by atoms with E-state index in [0.717, 1.165) is 51.4 Å². The molecule has 5 aliphatic rings. The van der Waals surface area contributed by atoms with Gasteiger partial charge in [-0.25, -0.2) is 0 Å². The summed E-state index contributed by atoms with van der Waals surface area (Å²) < 4.78 is 11.6. The summed E-state index contributed by atoms with van der Waals surface area (Å²) in [6.07, 6.45) is 8.66. The molecular formula is C30H28O6. The monoisotopic (exact) mass is 484 g/mol. The molecule has 2 aromatic carbocycles. The van der Waals surface area contributed by atoms with Gasteiger partial charge < -0.3 is 9.47 Å². The van der Waals surface area contributed by atoms with Gasteiger partial charge in [-0.2, -0.15) is 0 Å². The van der Waals surface area contributed by atoms with Crippen molar-refractivity contribution >= 4 is 23.5 Å². The van der Waals surface area contributed by atoms with Crippen LogP contribution in [0.3, 0.4) is 0 Å². The normalized spacial score (nSPS) is 31.3. The second-order valence-electron chi connectivity index (χ2n) is 11.1. The van der Waals surface area contributed by atoms with Crippen LogP contribution in [0.25, 0.3) is 0 Å². The molecule has 0 saturated heterocycles. The van der Waals surface area contributed by atoms with Gasteiger partial charge in [0, 0.05) is 11.1 Å². The van der Waals surface area contributed by atoms with Crippen molar-refractivity contribution in [2.24, 2.45) is 35.5 Å². The number of benzene rings is 2. The summed E-state index contributed by atoms with van der Waals surface area (Å²) in [5.41, 5.74) is 0.580. The third kappa shape index (κ3) is 3.30. The highest BCUT2D eigenvalue weighted by molar-refractivity contribution is 6.30. The van der Waals surface area contributed by atoms with Gasteiger partial charge in [0.15, 0.2) is 11.6 Å². The van der Waals surface area contributed by atoms with E-state index >= 15 is 0 Å². The minimum atomic E-state index is -0.394. The zero-order valence-electron chi connectivity index (χ0n) is 20.0. The lowest BCUT2D eigenvalue weighted by atomic mass is 9.83. The summed E-state index contributed by atoms with van der Waals surface area (Å²) in [4.78, 5) is 53.3. The van der Waals surface area contributed by atoms with Crippen LogP contribution in [0.4, 0.5) is 0 Å². The fourth-order valence-corrected chi connectivity index (χ4v) is 7.37. The number of rotatable bonds is 4. The lowest BCUT2D eigenvalue weighted by Gasteiger charge is -2.22. The summed E-state index contributed by atoms with van der Waals surface area (Å²) in [6.45, 7) is 0. The Morgan fingerprint density at radius 3 is 1.31 bits per heavy atom. The summed E-state index contributed by atoms with van der Waals surface area (Å²) in [5.74, 6) is -0.128. The van der Waals surface area contributed by atoms with Crippen LogP contribution < -0.4 is 9.47 Å². The molecule has 36 heavy (non-hydrogen) atoms. The van der Waals surface area contributed by atoms with Gasteiger partial charge in [-0.15, -0.1) is 0 Å². The van der Waals surface area contributed by atoms with Crippen LogP contribution >= 0.6 is 0 Å². The molecule has 0 heterocycles. The Bertz CT molecular complexity index is 1200. The number of carbonyl (C=O) groups excluding carboxylic acids is 4. The Hall–Kier alpha value is -3.28. The number of fused-ring (bicyclic) bond motifs is 4. The Morgan fingerprint density at radius 1 is 0.583 bits per heavy atom. The van der Waals surface area contributed by atoms with Gasteiger partial charge in [-0.05, 0) is 61.5 Å². The van der Waals surface area contributed by atoms with E-state index in [-0.39, 0.29) is 57.5 Å². The maximum atomic E-state index is 13.6. The summed E-state index contributed by atoms with van der Waals surface area (Å²) in [6, 6.07) is 9.62. The molecule has 0 aliphatic heterocycles. The van der Waals surface area contributed by atoms with Gasteiger partial charge in [0.2, 0.25) is 0 Å². The molecule has 4 saturated carbocycles. The van der Waals surface area contributed by atoms with E-state index in [4.69, 9.17) is 9.47 Å². The Morgan fingerprint density at radius 2 is 0.944 bits per heavy atom. The van der Waals surface area contributed by atoms with E-state index in [1.54, 1.807) is 24.3 Å². The van der Waals surface area contributed by atoms with Crippen molar-refractivity contribution in [3.63, 3.8) is 0 Å². The lowest BCUT2D eigenvalue weighted by Crippen LogP contribution is -2.25. The smallest absolute Gasteiger partial charge is 0.314 e. The molecule has 0 aromatic heterocycles. The Kier molecular flexibility index (Phi) is 4.95. The van der Waals surface area contributed by atoms with Crippen LogP contribution in [-0.2, 0) is 9.59 Å². The molecule has 0 N–H and O–H groups in total. The summed E-state index contributed by atoms with van der Waals surface area (Å²) in [5, 5.41) is 0. The van der Waals surface area contributed by atoms with Crippen molar-refractivity contribution in [2.45, 2.75) is 51.4 Å². The lowest BCUT2D eigenvalue weighted by molar-refractivity contribution is -0.137. The first-order valence-electron chi connectivity index (χ1n) is 13.3. The number of ether oxygens (including phenoxy) is 2. The average Bonchev–Trinajstić information content (AvgIpc) is 3.80. The molecule has 0 bridgehead atoms. The van der Waals surface area contributed by atoms with Crippen LogP contribution in [0.1, 0.15) is 83.2 Å². The quantitative estimate of drug-likeness (QED) is 0.376. The van der Waals surface area contributed by atoms with E-state index in [1.807, 2.05) is 0 Å². The molecule has 0 amide bonds. The highest BCUT2D eigenvalue weighted by Gasteiger charge is 2.57. The predicted octanol–water partition coefficient (Wildman–Crippen LogP) is 5.15. The molecule has 0 spiro atoms. The van der Waals surface area contributed by atoms with Gasteiger partial charge in [-0.1, -0.05) is 49.9 Å². The van der Waals surface area contributed by atoms with E-state index in [0.29, 0.717) is 23.7 Å². The van der Waals surface area contributed by atoms with Crippen LogP contribution in [0, 0.1) is 35.5 Å². The van der Waals surface area contributed by atoms with E-state index in [2.05, 4.69) is 0 Å². The van der Waals surface area contributed by atoms with Crippen LogP contribution in [0.15, 0.2) is 36.4 Å².